The average Bonchev–Trinajstić information content (AvgIpc) is 2.90. The van der Waals surface area contributed by atoms with Crippen molar-refractivity contribution in [3.63, 3.8) is 0 Å². The number of hydrogen-bond donors (Lipinski definition) is 2. The molecule has 0 aliphatic heterocycles. The number of rotatable bonds is 4. The van der Waals surface area contributed by atoms with Gasteiger partial charge in [0.2, 0.25) is 11.8 Å². The Morgan fingerprint density at radius 3 is 2.11 bits per heavy atom. The molecule has 0 aromatic carbocycles. The van der Waals surface area contributed by atoms with E-state index in [0.29, 0.717) is 12.0 Å². The molecule has 2 aliphatic carbocycles. The number of nitrogens with one attached hydrogen (secondary N) is 2. The minimum Gasteiger partial charge on any atom is -0.352 e. The van der Waals surface area contributed by atoms with Gasteiger partial charge in [-0.3, -0.25) is 9.59 Å². The summed E-state index contributed by atoms with van der Waals surface area (Å²) >= 11 is 0. The van der Waals surface area contributed by atoms with Gasteiger partial charge in [0.05, 0.1) is 0 Å². The molecule has 2 amide bonds. The maximum atomic E-state index is 12.4. The van der Waals surface area contributed by atoms with E-state index in [1.165, 1.54) is 39.0 Å². The second-order valence-corrected chi connectivity index (χ2v) is 6.07. The molecule has 2 saturated carbocycles. The summed E-state index contributed by atoms with van der Waals surface area (Å²) in [7, 11) is 0. The first-order chi connectivity index (χ1) is 9.16. The van der Waals surface area contributed by atoms with E-state index >= 15 is 0 Å². The standard InChI is InChI=1S/C15H26N2O2/c1-11(18)16-14(12-7-5-6-8-12)15(19)17-13-9-3-2-4-10-13/h12-14H,2-10H2,1H3,(H,16,18)(H,17,19). The highest BCUT2D eigenvalue weighted by Crippen LogP contribution is 2.28. The molecule has 1 unspecified atom stereocenters. The van der Waals surface area contributed by atoms with Crippen LogP contribution in [0.1, 0.15) is 64.7 Å². The molecule has 0 spiro atoms. The third-order valence-corrected chi connectivity index (χ3v) is 4.46. The van der Waals surface area contributed by atoms with Crippen molar-refractivity contribution in [3.8, 4) is 0 Å². The molecule has 4 nitrogen and oxygen atoms in total. The number of carbonyl (C=O) groups is 2. The summed E-state index contributed by atoms with van der Waals surface area (Å²) in [6, 6.07) is 0.000776. The van der Waals surface area contributed by atoms with Gasteiger partial charge in [0.25, 0.3) is 0 Å². The monoisotopic (exact) mass is 266 g/mol. The molecule has 0 aromatic rings. The molecule has 0 bridgehead atoms. The molecule has 1 atom stereocenters. The Hall–Kier alpha value is -1.06. The zero-order valence-electron chi connectivity index (χ0n) is 11.9. The second-order valence-electron chi connectivity index (χ2n) is 6.07. The summed E-state index contributed by atoms with van der Waals surface area (Å²) < 4.78 is 0. The molecule has 19 heavy (non-hydrogen) atoms. The van der Waals surface area contributed by atoms with Crippen molar-refractivity contribution in [2.45, 2.75) is 76.8 Å². The lowest BCUT2D eigenvalue weighted by atomic mass is 9.93. The predicted molar refractivity (Wildman–Crippen MR) is 74.6 cm³/mol. The van der Waals surface area contributed by atoms with Crippen LogP contribution in [0, 0.1) is 5.92 Å². The summed E-state index contributed by atoms with van der Waals surface area (Å²) in [6.45, 7) is 1.50. The van der Waals surface area contributed by atoms with Crippen molar-refractivity contribution >= 4 is 11.8 Å². The van der Waals surface area contributed by atoms with E-state index in [1.54, 1.807) is 0 Å². The maximum absolute atomic E-state index is 12.4. The Labute approximate surface area is 115 Å². The van der Waals surface area contributed by atoms with Gasteiger partial charge in [-0.2, -0.15) is 0 Å². The van der Waals surface area contributed by atoms with Gasteiger partial charge in [0.15, 0.2) is 0 Å². The quantitative estimate of drug-likeness (QED) is 0.819. The van der Waals surface area contributed by atoms with Crippen LogP contribution in [0.25, 0.3) is 0 Å². The Morgan fingerprint density at radius 1 is 0.947 bits per heavy atom. The van der Waals surface area contributed by atoms with Gasteiger partial charge in [0, 0.05) is 13.0 Å². The van der Waals surface area contributed by atoms with Crippen LogP contribution in [0.5, 0.6) is 0 Å². The van der Waals surface area contributed by atoms with Crippen LogP contribution in [-0.4, -0.2) is 23.9 Å². The van der Waals surface area contributed by atoms with Gasteiger partial charge >= 0.3 is 0 Å². The molecule has 2 aliphatic rings. The van der Waals surface area contributed by atoms with E-state index in [2.05, 4.69) is 10.6 Å². The largest absolute Gasteiger partial charge is 0.352 e. The lowest BCUT2D eigenvalue weighted by molar-refractivity contribution is -0.130. The van der Waals surface area contributed by atoms with Crippen LogP contribution >= 0.6 is 0 Å². The van der Waals surface area contributed by atoms with E-state index in [0.717, 1.165) is 25.7 Å². The summed E-state index contributed by atoms with van der Waals surface area (Å²) in [4.78, 5) is 23.7. The smallest absolute Gasteiger partial charge is 0.243 e. The van der Waals surface area contributed by atoms with Crippen molar-refractivity contribution < 1.29 is 9.59 Å². The third kappa shape index (κ3) is 4.22. The van der Waals surface area contributed by atoms with Crippen molar-refractivity contribution in [1.29, 1.82) is 0 Å². The Bertz CT molecular complexity index is 318. The first kappa shape index (κ1) is 14.4. The van der Waals surface area contributed by atoms with E-state index in [-0.39, 0.29) is 17.9 Å². The molecule has 2 N–H and O–H groups in total. The van der Waals surface area contributed by atoms with Crippen LogP contribution < -0.4 is 10.6 Å². The van der Waals surface area contributed by atoms with Crippen LogP contribution in [0.4, 0.5) is 0 Å². The predicted octanol–water partition coefficient (Wildman–Crippen LogP) is 2.13. The van der Waals surface area contributed by atoms with Crippen LogP contribution in [0.2, 0.25) is 0 Å². The number of amides is 2. The fourth-order valence-electron chi connectivity index (χ4n) is 3.45. The highest BCUT2D eigenvalue weighted by molar-refractivity contribution is 5.87. The van der Waals surface area contributed by atoms with Crippen molar-refractivity contribution in [3.05, 3.63) is 0 Å². The van der Waals surface area contributed by atoms with Gasteiger partial charge in [-0.1, -0.05) is 32.1 Å². The van der Waals surface area contributed by atoms with E-state index < -0.39 is 0 Å². The van der Waals surface area contributed by atoms with Crippen molar-refractivity contribution in [2.24, 2.45) is 5.92 Å². The fourth-order valence-corrected chi connectivity index (χ4v) is 3.45. The van der Waals surface area contributed by atoms with E-state index in [4.69, 9.17) is 0 Å². The van der Waals surface area contributed by atoms with Gasteiger partial charge in [0.1, 0.15) is 6.04 Å². The van der Waals surface area contributed by atoms with E-state index in [1.807, 2.05) is 0 Å². The summed E-state index contributed by atoms with van der Waals surface area (Å²) in [5, 5.41) is 6.01. The van der Waals surface area contributed by atoms with Gasteiger partial charge in [-0.15, -0.1) is 0 Å². The third-order valence-electron chi connectivity index (χ3n) is 4.46. The fraction of sp³-hybridized carbons (Fsp3) is 0.867. The highest BCUT2D eigenvalue weighted by atomic mass is 16.2. The first-order valence-corrected chi connectivity index (χ1v) is 7.74. The van der Waals surface area contributed by atoms with Gasteiger partial charge in [-0.25, -0.2) is 0 Å². The molecular weight excluding hydrogens is 240 g/mol. The molecule has 4 heteroatoms. The topological polar surface area (TPSA) is 58.2 Å². The summed E-state index contributed by atoms with van der Waals surface area (Å²) in [5.41, 5.74) is 0. The Morgan fingerprint density at radius 2 is 1.53 bits per heavy atom. The first-order valence-electron chi connectivity index (χ1n) is 7.74. The number of carbonyl (C=O) groups excluding carboxylic acids is 2. The van der Waals surface area contributed by atoms with Crippen molar-refractivity contribution in [2.75, 3.05) is 0 Å². The van der Waals surface area contributed by atoms with E-state index in [9.17, 15) is 9.59 Å². The average molecular weight is 266 g/mol. The lowest BCUT2D eigenvalue weighted by Gasteiger charge is -2.28. The molecular formula is C15H26N2O2. The number of hydrogen-bond acceptors (Lipinski definition) is 2. The molecule has 108 valence electrons. The van der Waals surface area contributed by atoms with Crippen LogP contribution in [0.15, 0.2) is 0 Å². The van der Waals surface area contributed by atoms with Crippen LogP contribution in [0.3, 0.4) is 0 Å². The highest BCUT2D eigenvalue weighted by Gasteiger charge is 2.32. The molecule has 0 saturated heterocycles. The Balaban J connectivity index is 1.91. The SMILES string of the molecule is CC(=O)NC(C(=O)NC1CCCCC1)C1CCCC1. The zero-order chi connectivity index (χ0) is 13.7. The molecule has 2 fully saturated rings. The summed E-state index contributed by atoms with van der Waals surface area (Å²) in [5.74, 6) is 0.261. The molecule has 0 aromatic heterocycles. The normalized spacial score (nSPS) is 23.0. The summed E-state index contributed by atoms with van der Waals surface area (Å²) in [6.07, 6.45) is 10.3. The zero-order valence-corrected chi connectivity index (χ0v) is 11.9. The van der Waals surface area contributed by atoms with Gasteiger partial charge < -0.3 is 10.6 Å². The Kier molecular flexibility index (Phi) is 5.23. The van der Waals surface area contributed by atoms with Gasteiger partial charge in [-0.05, 0) is 31.6 Å². The molecule has 0 heterocycles. The minimum absolute atomic E-state index is 0.0361. The molecule has 2 rings (SSSR count). The maximum Gasteiger partial charge on any atom is 0.243 e. The minimum atomic E-state index is -0.318. The lowest BCUT2D eigenvalue weighted by Crippen LogP contribution is -2.52. The second kappa shape index (κ2) is 6.92. The molecule has 0 radical (unpaired) electrons. The van der Waals surface area contributed by atoms with Crippen molar-refractivity contribution in [1.82, 2.24) is 10.6 Å². The van der Waals surface area contributed by atoms with Crippen LogP contribution in [-0.2, 0) is 9.59 Å².